The van der Waals surface area contributed by atoms with Gasteiger partial charge in [-0.1, -0.05) is 182 Å². The molecule has 0 radical (unpaired) electrons. The third-order valence-electron chi connectivity index (χ3n) is 6.28. The third kappa shape index (κ3) is 7.53. The molecule has 5 aromatic carbocycles. The average Bonchev–Trinajstić information content (AvgIpc) is 2.99. The molecule has 0 bridgehead atoms. The number of rotatable bonds is 8. The minimum atomic E-state index is 1.18. The summed E-state index contributed by atoms with van der Waals surface area (Å²) in [6.45, 7) is 0. The van der Waals surface area contributed by atoms with E-state index in [-0.39, 0.29) is 0 Å². The normalized spacial score (nSPS) is 11.8. The van der Waals surface area contributed by atoms with E-state index in [1.54, 1.807) is 0 Å². The van der Waals surface area contributed by atoms with Crippen LogP contribution in [-0.2, 0) is 0 Å². The van der Waals surface area contributed by atoms with Gasteiger partial charge in [0, 0.05) is 0 Å². The monoisotopic (exact) mass is 486 g/mol. The first-order valence-corrected chi connectivity index (χ1v) is 12.9. The van der Waals surface area contributed by atoms with Crippen molar-refractivity contribution in [2.45, 2.75) is 0 Å². The second-order valence-electron chi connectivity index (χ2n) is 9.15. The van der Waals surface area contributed by atoms with Crippen LogP contribution in [0.2, 0.25) is 0 Å². The quantitative estimate of drug-likeness (QED) is 0.191. The summed E-state index contributed by atoms with van der Waals surface area (Å²) in [6, 6.07) is 46.6. The molecule has 38 heavy (non-hydrogen) atoms. The SMILES string of the molecule is C(=Cc1ccc(C=Cc2ccc(C=Cc3ccc(C=Cc4ccccc4)cc3)cc2)cc1)c1ccccc1. The van der Waals surface area contributed by atoms with Gasteiger partial charge in [0.1, 0.15) is 0 Å². The predicted molar refractivity (Wildman–Crippen MR) is 168 cm³/mol. The lowest BCUT2D eigenvalue weighted by Gasteiger charge is -1.99. The van der Waals surface area contributed by atoms with Crippen LogP contribution < -0.4 is 0 Å². The van der Waals surface area contributed by atoms with Crippen molar-refractivity contribution in [2.24, 2.45) is 0 Å². The molecule has 0 aliphatic carbocycles. The van der Waals surface area contributed by atoms with E-state index in [0.29, 0.717) is 0 Å². The lowest BCUT2D eigenvalue weighted by Crippen LogP contribution is -1.78. The topological polar surface area (TPSA) is 0 Å². The minimum absolute atomic E-state index is 1.18. The summed E-state index contributed by atoms with van der Waals surface area (Å²) in [5.74, 6) is 0. The maximum Gasteiger partial charge on any atom is -0.0256 e. The van der Waals surface area contributed by atoms with Gasteiger partial charge in [0.2, 0.25) is 0 Å². The molecule has 0 N–H and O–H groups in total. The van der Waals surface area contributed by atoms with Gasteiger partial charge in [-0.05, 0) is 44.5 Å². The summed E-state index contributed by atoms with van der Waals surface area (Å²) in [7, 11) is 0. The Kier molecular flexibility index (Phi) is 8.37. The fraction of sp³-hybridized carbons (Fsp3) is 0. The van der Waals surface area contributed by atoms with Gasteiger partial charge < -0.3 is 0 Å². The van der Waals surface area contributed by atoms with E-state index in [1.807, 2.05) is 12.1 Å². The van der Waals surface area contributed by atoms with Gasteiger partial charge in [-0.15, -0.1) is 0 Å². The van der Waals surface area contributed by atoms with Crippen LogP contribution in [0.25, 0.3) is 48.6 Å². The van der Waals surface area contributed by atoms with Crippen LogP contribution in [0.3, 0.4) is 0 Å². The average molecular weight is 487 g/mol. The molecule has 5 rings (SSSR count). The van der Waals surface area contributed by atoms with Crippen molar-refractivity contribution in [3.63, 3.8) is 0 Å². The standard InChI is InChI=1S/C38H30/c1-3-7-31(8-4-1)11-13-33-15-19-35(20-16-33)23-25-37-27-29-38(30-28-37)26-24-36-21-17-34(18-22-36)14-12-32-9-5-2-6-10-32/h1-30H. The molecule has 0 aliphatic heterocycles. The van der Waals surface area contributed by atoms with E-state index < -0.39 is 0 Å². The molecule has 0 unspecified atom stereocenters. The van der Waals surface area contributed by atoms with Gasteiger partial charge in [0.05, 0.1) is 0 Å². The van der Waals surface area contributed by atoms with E-state index in [9.17, 15) is 0 Å². The first kappa shape index (κ1) is 24.7. The third-order valence-corrected chi connectivity index (χ3v) is 6.28. The van der Waals surface area contributed by atoms with Gasteiger partial charge in [-0.2, -0.15) is 0 Å². The molecule has 5 aromatic rings. The molecule has 0 saturated heterocycles. The molecule has 182 valence electrons. The Bertz CT molecular complexity index is 1410. The van der Waals surface area contributed by atoms with Crippen LogP contribution in [0.15, 0.2) is 133 Å². The van der Waals surface area contributed by atoms with Crippen molar-refractivity contribution in [1.29, 1.82) is 0 Å². The molecule has 0 amide bonds. The van der Waals surface area contributed by atoms with Crippen molar-refractivity contribution in [3.8, 4) is 0 Å². The van der Waals surface area contributed by atoms with E-state index in [1.165, 1.54) is 44.5 Å². The van der Waals surface area contributed by atoms with Crippen LogP contribution in [0.5, 0.6) is 0 Å². The second-order valence-corrected chi connectivity index (χ2v) is 9.15. The summed E-state index contributed by atoms with van der Waals surface area (Å²) in [5, 5.41) is 0. The molecule has 0 saturated carbocycles. The van der Waals surface area contributed by atoms with Crippen LogP contribution in [-0.4, -0.2) is 0 Å². The number of benzene rings is 5. The van der Waals surface area contributed by atoms with Gasteiger partial charge >= 0.3 is 0 Å². The Balaban J connectivity index is 1.14. The first-order chi connectivity index (χ1) is 18.8. The molecule has 0 aliphatic rings. The van der Waals surface area contributed by atoms with Crippen LogP contribution in [0, 0.1) is 0 Å². The lowest BCUT2D eigenvalue weighted by atomic mass is 10.1. The summed E-state index contributed by atoms with van der Waals surface area (Å²) in [5.41, 5.74) is 9.55. The molecular formula is C38H30. The van der Waals surface area contributed by atoms with Gasteiger partial charge in [0.15, 0.2) is 0 Å². The van der Waals surface area contributed by atoms with Crippen molar-refractivity contribution in [3.05, 3.63) is 178 Å². The minimum Gasteiger partial charge on any atom is -0.0622 e. The molecule has 0 heterocycles. The smallest absolute Gasteiger partial charge is 0.0256 e. The first-order valence-electron chi connectivity index (χ1n) is 12.9. The molecule has 0 fully saturated rings. The zero-order valence-electron chi connectivity index (χ0n) is 21.3. The maximum absolute atomic E-state index is 2.16. The molecule has 0 nitrogen and oxygen atoms in total. The predicted octanol–water partition coefficient (Wildman–Crippen LogP) is 10.4. The van der Waals surface area contributed by atoms with Gasteiger partial charge in [-0.3, -0.25) is 0 Å². The van der Waals surface area contributed by atoms with E-state index in [2.05, 4.69) is 170 Å². The highest BCUT2D eigenvalue weighted by atomic mass is 14.0. The van der Waals surface area contributed by atoms with Gasteiger partial charge in [-0.25, -0.2) is 0 Å². The number of hydrogen-bond donors (Lipinski definition) is 0. The zero-order valence-corrected chi connectivity index (χ0v) is 21.3. The molecular weight excluding hydrogens is 456 g/mol. The molecule has 0 heteroatoms. The van der Waals surface area contributed by atoms with Gasteiger partial charge in [0.25, 0.3) is 0 Å². The molecule has 0 aromatic heterocycles. The Hall–Kier alpha value is -4.94. The highest BCUT2D eigenvalue weighted by Crippen LogP contribution is 2.16. The van der Waals surface area contributed by atoms with E-state index in [4.69, 9.17) is 0 Å². The largest absolute Gasteiger partial charge is 0.0622 e. The van der Waals surface area contributed by atoms with Crippen LogP contribution in [0.4, 0.5) is 0 Å². The van der Waals surface area contributed by atoms with E-state index in [0.717, 1.165) is 0 Å². The fourth-order valence-electron chi connectivity index (χ4n) is 4.05. The summed E-state index contributed by atoms with van der Waals surface area (Å²) in [4.78, 5) is 0. The highest BCUT2D eigenvalue weighted by molar-refractivity contribution is 5.75. The Morgan fingerprint density at radius 3 is 0.526 bits per heavy atom. The van der Waals surface area contributed by atoms with Crippen LogP contribution in [0.1, 0.15) is 44.5 Å². The lowest BCUT2D eigenvalue weighted by molar-refractivity contribution is 1.60. The summed E-state index contributed by atoms with van der Waals surface area (Å²) >= 11 is 0. The molecule has 0 spiro atoms. The van der Waals surface area contributed by atoms with Crippen molar-refractivity contribution in [1.82, 2.24) is 0 Å². The number of hydrogen-bond acceptors (Lipinski definition) is 0. The maximum atomic E-state index is 2.16. The van der Waals surface area contributed by atoms with Crippen molar-refractivity contribution >= 4 is 48.6 Å². The second kappa shape index (κ2) is 12.9. The molecule has 0 atom stereocenters. The van der Waals surface area contributed by atoms with Crippen molar-refractivity contribution < 1.29 is 0 Å². The van der Waals surface area contributed by atoms with Crippen molar-refractivity contribution in [2.75, 3.05) is 0 Å². The fourth-order valence-corrected chi connectivity index (χ4v) is 4.05. The highest BCUT2D eigenvalue weighted by Gasteiger charge is 1.94. The van der Waals surface area contributed by atoms with Crippen LogP contribution >= 0.6 is 0 Å². The summed E-state index contributed by atoms with van der Waals surface area (Å²) in [6.07, 6.45) is 17.2. The Labute approximate surface area is 226 Å². The zero-order chi connectivity index (χ0) is 25.8. The van der Waals surface area contributed by atoms with E-state index >= 15 is 0 Å². The Morgan fingerprint density at radius 2 is 0.342 bits per heavy atom. The Morgan fingerprint density at radius 1 is 0.184 bits per heavy atom. The summed E-state index contributed by atoms with van der Waals surface area (Å²) < 4.78 is 0.